The van der Waals surface area contributed by atoms with E-state index in [1.165, 1.54) is 13.3 Å². The van der Waals surface area contributed by atoms with E-state index in [9.17, 15) is 13.2 Å². The van der Waals surface area contributed by atoms with Gasteiger partial charge >= 0.3 is 6.36 Å². The molecule has 8 heteroatoms. The molecule has 0 aromatic carbocycles. The first-order valence-corrected chi connectivity index (χ1v) is 5.53. The number of rotatable bonds is 3. The Morgan fingerprint density at radius 3 is 2.50 bits per heavy atom. The van der Waals surface area contributed by atoms with E-state index in [1.54, 1.807) is 22.6 Å². The number of pyridine rings is 1. The Labute approximate surface area is 108 Å². The van der Waals surface area contributed by atoms with E-state index >= 15 is 0 Å². The molecule has 0 saturated carbocycles. The molecule has 1 rings (SSSR count). The average molecular weight is 367 g/mol. The van der Waals surface area contributed by atoms with Gasteiger partial charge in [0.1, 0.15) is 3.70 Å². The van der Waals surface area contributed by atoms with Gasteiger partial charge in [-0.1, -0.05) is 0 Å². The molecule has 3 nitrogen and oxygen atoms in total. The van der Waals surface area contributed by atoms with E-state index in [1.807, 2.05) is 0 Å². The van der Waals surface area contributed by atoms with Gasteiger partial charge < -0.3 is 9.47 Å². The van der Waals surface area contributed by atoms with Crippen LogP contribution in [0.25, 0.3) is 0 Å². The third-order valence-electron chi connectivity index (χ3n) is 1.58. The number of hydrogen-bond donors (Lipinski definition) is 0. The number of hydrogen-bond acceptors (Lipinski definition) is 3. The van der Waals surface area contributed by atoms with Crippen molar-refractivity contribution in [1.29, 1.82) is 0 Å². The van der Waals surface area contributed by atoms with Crippen molar-refractivity contribution < 1.29 is 22.6 Å². The minimum atomic E-state index is -4.79. The smallest absolute Gasteiger partial charge is 0.490 e. The lowest BCUT2D eigenvalue weighted by Crippen LogP contribution is -2.19. The average Bonchev–Trinajstić information content (AvgIpc) is 2.16. The lowest BCUT2D eigenvalue weighted by molar-refractivity contribution is -0.275. The monoisotopic (exact) mass is 367 g/mol. The van der Waals surface area contributed by atoms with E-state index in [2.05, 4.69) is 9.72 Å². The van der Waals surface area contributed by atoms with Crippen LogP contribution in [0.5, 0.6) is 11.5 Å². The molecule has 0 aliphatic rings. The molecule has 1 aromatic heterocycles. The van der Waals surface area contributed by atoms with Crippen molar-refractivity contribution in [3.05, 3.63) is 15.5 Å². The van der Waals surface area contributed by atoms with Crippen molar-refractivity contribution >= 4 is 34.2 Å². The first-order valence-electron chi connectivity index (χ1n) is 3.92. The van der Waals surface area contributed by atoms with E-state index in [0.29, 0.717) is 0 Å². The van der Waals surface area contributed by atoms with Crippen LogP contribution in [0, 0.1) is 3.70 Å². The van der Waals surface area contributed by atoms with Crippen molar-refractivity contribution in [1.82, 2.24) is 4.98 Å². The highest BCUT2D eigenvalue weighted by Gasteiger charge is 2.34. The summed E-state index contributed by atoms with van der Waals surface area (Å²) in [5, 5.41) is 0. The van der Waals surface area contributed by atoms with Gasteiger partial charge in [0.2, 0.25) is 0 Å². The van der Waals surface area contributed by atoms with Gasteiger partial charge in [-0.15, -0.1) is 24.8 Å². The van der Waals surface area contributed by atoms with Gasteiger partial charge in [-0.2, -0.15) is 0 Å². The van der Waals surface area contributed by atoms with E-state index in [0.717, 1.165) is 0 Å². The summed E-state index contributed by atoms with van der Waals surface area (Å²) in [5.74, 6) is -0.661. The van der Waals surface area contributed by atoms with Gasteiger partial charge in [0, 0.05) is 11.8 Å². The Morgan fingerprint density at radius 2 is 2.06 bits per heavy atom. The van der Waals surface area contributed by atoms with Crippen LogP contribution < -0.4 is 9.47 Å². The summed E-state index contributed by atoms with van der Waals surface area (Å²) in [6.07, 6.45) is -3.57. The first-order chi connectivity index (χ1) is 7.39. The zero-order chi connectivity index (χ0) is 12.3. The molecule has 0 spiro atoms. The number of nitrogens with zero attached hydrogens (tertiary/aromatic N) is 1. The maximum Gasteiger partial charge on any atom is 0.573 e. The Kier molecular flexibility index (Phi) is 4.48. The second-order valence-corrected chi connectivity index (χ2v) is 3.91. The molecule has 0 N–H and O–H groups in total. The van der Waals surface area contributed by atoms with Gasteiger partial charge in [-0.3, -0.25) is 0 Å². The standard InChI is InChI=1S/C8H6ClF3INO2/c1-15-6-5(16-8(10,11)12)4(2-9)3-14-7(6)13/h3H,2H2,1H3. The molecule has 0 fully saturated rings. The van der Waals surface area contributed by atoms with E-state index < -0.39 is 12.1 Å². The quantitative estimate of drug-likeness (QED) is 0.467. The van der Waals surface area contributed by atoms with Gasteiger partial charge in [-0.25, -0.2) is 4.98 Å². The summed E-state index contributed by atoms with van der Waals surface area (Å²) in [6, 6.07) is 0. The molecule has 16 heavy (non-hydrogen) atoms. The summed E-state index contributed by atoms with van der Waals surface area (Å²) >= 11 is 7.24. The van der Waals surface area contributed by atoms with Crippen molar-refractivity contribution in [3.63, 3.8) is 0 Å². The summed E-state index contributed by atoms with van der Waals surface area (Å²) in [4.78, 5) is 3.84. The van der Waals surface area contributed by atoms with E-state index in [-0.39, 0.29) is 20.9 Å². The van der Waals surface area contributed by atoms with Gasteiger partial charge in [0.25, 0.3) is 0 Å². The normalized spacial score (nSPS) is 11.4. The van der Waals surface area contributed by atoms with Crippen LogP contribution in [0.2, 0.25) is 0 Å². The number of alkyl halides is 4. The molecular formula is C8H6ClF3INO2. The predicted molar refractivity (Wildman–Crippen MR) is 59.7 cm³/mol. The second-order valence-electron chi connectivity index (χ2n) is 2.62. The number of halogens is 5. The fraction of sp³-hybridized carbons (Fsp3) is 0.375. The number of aromatic nitrogens is 1. The Balaban J connectivity index is 3.25. The van der Waals surface area contributed by atoms with Crippen molar-refractivity contribution in [2.24, 2.45) is 0 Å². The van der Waals surface area contributed by atoms with Crippen molar-refractivity contribution in [2.75, 3.05) is 7.11 Å². The van der Waals surface area contributed by atoms with Crippen molar-refractivity contribution in [3.8, 4) is 11.5 Å². The maximum absolute atomic E-state index is 12.2. The van der Waals surface area contributed by atoms with Crippen LogP contribution in [0.3, 0.4) is 0 Å². The number of methoxy groups -OCH3 is 1. The molecule has 0 unspecified atom stereocenters. The third-order valence-corrected chi connectivity index (χ3v) is 2.64. The third kappa shape index (κ3) is 3.27. The van der Waals surface area contributed by atoms with Crippen LogP contribution in [0.15, 0.2) is 6.20 Å². The van der Waals surface area contributed by atoms with E-state index in [4.69, 9.17) is 16.3 Å². The molecule has 0 saturated heterocycles. The Bertz CT molecular complexity index is 386. The molecule has 0 atom stereocenters. The number of ether oxygens (including phenoxy) is 2. The molecule has 0 bridgehead atoms. The van der Waals surface area contributed by atoms with Crippen LogP contribution >= 0.6 is 34.2 Å². The molecule has 1 aromatic rings. The highest BCUT2D eigenvalue weighted by molar-refractivity contribution is 14.1. The highest BCUT2D eigenvalue weighted by Crippen LogP contribution is 2.38. The minimum absolute atomic E-state index is 0.0731. The molecule has 0 aliphatic heterocycles. The van der Waals surface area contributed by atoms with Gasteiger partial charge in [-0.05, 0) is 22.6 Å². The molecule has 0 aliphatic carbocycles. The van der Waals surface area contributed by atoms with Gasteiger partial charge in [0.05, 0.1) is 13.0 Å². The second kappa shape index (κ2) is 5.26. The molecule has 90 valence electrons. The zero-order valence-corrected chi connectivity index (χ0v) is 10.9. The SMILES string of the molecule is COc1c(I)ncc(CCl)c1OC(F)(F)F. The topological polar surface area (TPSA) is 31.4 Å². The van der Waals surface area contributed by atoms with Crippen LogP contribution in [-0.4, -0.2) is 18.5 Å². The maximum atomic E-state index is 12.2. The Hall–Kier alpha value is -0.440. The first kappa shape index (κ1) is 13.6. The fourth-order valence-corrected chi connectivity index (χ4v) is 1.79. The lowest BCUT2D eigenvalue weighted by Gasteiger charge is -2.15. The largest absolute Gasteiger partial charge is 0.573 e. The summed E-state index contributed by atoms with van der Waals surface area (Å²) in [6.45, 7) is 0. The summed E-state index contributed by atoms with van der Waals surface area (Å²) in [5.41, 5.74) is 0.122. The molecular weight excluding hydrogens is 361 g/mol. The lowest BCUT2D eigenvalue weighted by atomic mass is 10.3. The zero-order valence-electron chi connectivity index (χ0n) is 7.94. The molecule has 1 heterocycles. The van der Waals surface area contributed by atoms with Crippen LogP contribution in [0.4, 0.5) is 13.2 Å². The van der Waals surface area contributed by atoms with Crippen molar-refractivity contribution in [2.45, 2.75) is 12.2 Å². The fourth-order valence-electron chi connectivity index (χ4n) is 0.991. The summed E-state index contributed by atoms with van der Waals surface area (Å²) < 4.78 is 45.4. The summed E-state index contributed by atoms with van der Waals surface area (Å²) in [7, 11) is 1.24. The predicted octanol–water partition coefficient (Wildman–Crippen LogP) is 3.33. The molecule has 0 radical (unpaired) electrons. The highest BCUT2D eigenvalue weighted by atomic mass is 127. The van der Waals surface area contributed by atoms with Crippen LogP contribution in [0.1, 0.15) is 5.56 Å². The minimum Gasteiger partial charge on any atom is -0.490 e. The van der Waals surface area contributed by atoms with Crippen LogP contribution in [-0.2, 0) is 5.88 Å². The Morgan fingerprint density at radius 1 is 1.44 bits per heavy atom. The molecule has 0 amide bonds. The van der Waals surface area contributed by atoms with Gasteiger partial charge in [0.15, 0.2) is 11.5 Å².